The number of amides is 1. The van der Waals surface area contributed by atoms with Gasteiger partial charge in [-0.2, -0.15) is 0 Å². The molecule has 26 heavy (non-hydrogen) atoms. The van der Waals surface area contributed by atoms with Crippen LogP contribution in [0.2, 0.25) is 0 Å². The van der Waals surface area contributed by atoms with Crippen LogP contribution in [0.4, 0.5) is 0 Å². The molecule has 0 atom stereocenters. The third-order valence-electron chi connectivity index (χ3n) is 4.17. The van der Waals surface area contributed by atoms with Crippen molar-refractivity contribution in [3.63, 3.8) is 0 Å². The average molecular weight is 349 g/mol. The van der Waals surface area contributed by atoms with E-state index >= 15 is 0 Å². The molecule has 0 spiro atoms. The van der Waals surface area contributed by atoms with E-state index in [0.29, 0.717) is 13.0 Å². The van der Waals surface area contributed by atoms with Crippen LogP contribution in [0.25, 0.3) is 11.4 Å². The van der Waals surface area contributed by atoms with Crippen LogP contribution in [0.1, 0.15) is 12.0 Å². The smallest absolute Gasteiger partial charge is 0.224 e. The summed E-state index contributed by atoms with van der Waals surface area (Å²) in [4.78, 5) is 16.5. The first-order valence-corrected chi connectivity index (χ1v) is 8.72. The quantitative estimate of drug-likeness (QED) is 0.635. The molecule has 0 radical (unpaired) electrons. The molecular weight excluding hydrogens is 326 g/mol. The average Bonchev–Trinajstić information content (AvgIpc) is 3.15. The van der Waals surface area contributed by atoms with Gasteiger partial charge in [-0.1, -0.05) is 42.5 Å². The summed E-state index contributed by atoms with van der Waals surface area (Å²) < 4.78 is 7.24. The van der Waals surface area contributed by atoms with Gasteiger partial charge in [0.1, 0.15) is 11.6 Å². The number of nitrogens with one attached hydrogen (secondary N) is 1. The summed E-state index contributed by atoms with van der Waals surface area (Å²) in [6.45, 7) is 1.45. The number of ether oxygens (including phenoxy) is 1. The second-order valence-corrected chi connectivity index (χ2v) is 6.04. The SMILES string of the molecule is COc1ccc(CC(=O)NCCCn2ccnc2-c2ccccc2)cc1. The molecule has 1 aromatic heterocycles. The van der Waals surface area contributed by atoms with Crippen LogP contribution in [-0.2, 0) is 17.8 Å². The molecule has 3 rings (SSSR count). The molecule has 0 aliphatic heterocycles. The van der Waals surface area contributed by atoms with Gasteiger partial charge in [-0.25, -0.2) is 4.98 Å². The second-order valence-electron chi connectivity index (χ2n) is 6.04. The number of nitrogens with zero attached hydrogens (tertiary/aromatic N) is 2. The fourth-order valence-corrected chi connectivity index (χ4v) is 2.81. The Morgan fingerprint density at radius 1 is 1.12 bits per heavy atom. The highest BCUT2D eigenvalue weighted by atomic mass is 16.5. The van der Waals surface area contributed by atoms with E-state index in [1.807, 2.05) is 54.9 Å². The topological polar surface area (TPSA) is 56.1 Å². The predicted octanol–water partition coefficient (Wildman–Crippen LogP) is 3.31. The fraction of sp³-hybridized carbons (Fsp3) is 0.238. The maximum Gasteiger partial charge on any atom is 0.224 e. The number of benzene rings is 2. The van der Waals surface area contributed by atoms with Crippen molar-refractivity contribution in [2.45, 2.75) is 19.4 Å². The fourth-order valence-electron chi connectivity index (χ4n) is 2.81. The zero-order chi connectivity index (χ0) is 18.2. The molecule has 0 fully saturated rings. The highest BCUT2D eigenvalue weighted by molar-refractivity contribution is 5.78. The van der Waals surface area contributed by atoms with Gasteiger partial charge < -0.3 is 14.6 Å². The van der Waals surface area contributed by atoms with Crippen LogP contribution in [-0.4, -0.2) is 29.1 Å². The van der Waals surface area contributed by atoms with Crippen molar-refractivity contribution in [1.82, 2.24) is 14.9 Å². The Hall–Kier alpha value is -3.08. The van der Waals surface area contributed by atoms with Crippen molar-refractivity contribution in [3.8, 4) is 17.1 Å². The summed E-state index contributed by atoms with van der Waals surface area (Å²) in [7, 11) is 1.63. The monoisotopic (exact) mass is 349 g/mol. The number of hydrogen-bond donors (Lipinski definition) is 1. The van der Waals surface area contributed by atoms with Gasteiger partial charge in [0.2, 0.25) is 5.91 Å². The highest BCUT2D eigenvalue weighted by Gasteiger charge is 2.06. The molecule has 0 unspecified atom stereocenters. The molecule has 1 amide bonds. The van der Waals surface area contributed by atoms with E-state index in [1.165, 1.54) is 0 Å². The minimum absolute atomic E-state index is 0.0316. The van der Waals surface area contributed by atoms with Crippen LogP contribution in [0.5, 0.6) is 5.75 Å². The Balaban J connectivity index is 1.44. The van der Waals surface area contributed by atoms with E-state index in [0.717, 1.165) is 35.7 Å². The summed E-state index contributed by atoms with van der Waals surface area (Å²) >= 11 is 0. The lowest BCUT2D eigenvalue weighted by Crippen LogP contribution is -2.26. The van der Waals surface area contributed by atoms with Gasteiger partial charge in [0.05, 0.1) is 13.5 Å². The number of rotatable bonds is 8. The van der Waals surface area contributed by atoms with Crippen molar-refractivity contribution < 1.29 is 9.53 Å². The maximum atomic E-state index is 12.1. The lowest BCUT2D eigenvalue weighted by molar-refractivity contribution is -0.120. The van der Waals surface area contributed by atoms with Crippen molar-refractivity contribution in [3.05, 3.63) is 72.6 Å². The maximum absolute atomic E-state index is 12.1. The third kappa shape index (κ3) is 4.72. The molecular formula is C21H23N3O2. The summed E-state index contributed by atoms with van der Waals surface area (Å²) in [6.07, 6.45) is 5.01. The molecule has 0 saturated heterocycles. The number of aromatic nitrogens is 2. The number of carbonyl (C=O) groups is 1. The number of methoxy groups -OCH3 is 1. The first kappa shape index (κ1) is 17.7. The number of aryl methyl sites for hydroxylation is 1. The number of imidazole rings is 1. The molecule has 5 heteroatoms. The van der Waals surface area contributed by atoms with Gasteiger partial charge >= 0.3 is 0 Å². The van der Waals surface area contributed by atoms with E-state index in [2.05, 4.69) is 27.0 Å². The molecule has 1 heterocycles. The molecule has 0 aliphatic rings. The van der Waals surface area contributed by atoms with Gasteiger partial charge in [-0.05, 0) is 24.1 Å². The number of hydrogen-bond acceptors (Lipinski definition) is 3. The molecule has 2 aromatic carbocycles. The normalized spacial score (nSPS) is 10.5. The Labute approximate surface area is 153 Å². The third-order valence-corrected chi connectivity index (χ3v) is 4.17. The van der Waals surface area contributed by atoms with E-state index in [9.17, 15) is 4.79 Å². The van der Waals surface area contributed by atoms with Crippen LogP contribution in [0, 0.1) is 0 Å². The summed E-state index contributed by atoms with van der Waals surface area (Å²) in [6, 6.07) is 17.7. The zero-order valence-corrected chi connectivity index (χ0v) is 14.9. The Morgan fingerprint density at radius 2 is 1.88 bits per heavy atom. The van der Waals surface area contributed by atoms with E-state index in [4.69, 9.17) is 4.74 Å². The Kier molecular flexibility index (Phi) is 6.04. The van der Waals surface area contributed by atoms with E-state index in [-0.39, 0.29) is 5.91 Å². The van der Waals surface area contributed by atoms with Crippen molar-refractivity contribution in [1.29, 1.82) is 0 Å². The highest BCUT2D eigenvalue weighted by Crippen LogP contribution is 2.16. The summed E-state index contributed by atoms with van der Waals surface area (Å²) in [5.74, 6) is 1.78. The first-order chi connectivity index (χ1) is 12.8. The molecule has 0 saturated carbocycles. The van der Waals surface area contributed by atoms with Crippen molar-refractivity contribution in [2.75, 3.05) is 13.7 Å². The van der Waals surface area contributed by atoms with Gasteiger partial charge in [-0.15, -0.1) is 0 Å². The molecule has 134 valence electrons. The second kappa shape index (κ2) is 8.85. The summed E-state index contributed by atoms with van der Waals surface area (Å²) in [5.41, 5.74) is 2.07. The van der Waals surface area contributed by atoms with Crippen molar-refractivity contribution >= 4 is 5.91 Å². The lowest BCUT2D eigenvalue weighted by atomic mass is 10.1. The Bertz CT molecular complexity index is 826. The minimum Gasteiger partial charge on any atom is -0.497 e. The van der Waals surface area contributed by atoms with Crippen LogP contribution < -0.4 is 10.1 Å². The van der Waals surface area contributed by atoms with Crippen LogP contribution in [0.3, 0.4) is 0 Å². The standard InChI is InChI=1S/C21H23N3O2/c1-26-19-10-8-17(9-11-19)16-20(25)22-12-5-14-24-15-13-23-21(24)18-6-3-2-4-7-18/h2-4,6-11,13,15H,5,12,14,16H2,1H3,(H,22,25). The van der Waals surface area contributed by atoms with Gasteiger partial charge in [0.25, 0.3) is 0 Å². The first-order valence-electron chi connectivity index (χ1n) is 8.72. The largest absolute Gasteiger partial charge is 0.497 e. The molecule has 5 nitrogen and oxygen atoms in total. The molecule has 0 aliphatic carbocycles. The number of carbonyl (C=O) groups excluding carboxylic acids is 1. The van der Waals surface area contributed by atoms with Gasteiger partial charge in [0, 0.05) is 31.0 Å². The van der Waals surface area contributed by atoms with Crippen LogP contribution >= 0.6 is 0 Å². The van der Waals surface area contributed by atoms with E-state index < -0.39 is 0 Å². The van der Waals surface area contributed by atoms with Gasteiger partial charge in [-0.3, -0.25) is 4.79 Å². The van der Waals surface area contributed by atoms with Crippen molar-refractivity contribution in [2.24, 2.45) is 0 Å². The lowest BCUT2D eigenvalue weighted by Gasteiger charge is -2.09. The summed E-state index contributed by atoms with van der Waals surface area (Å²) in [5, 5.41) is 2.98. The molecule has 0 bridgehead atoms. The van der Waals surface area contributed by atoms with Gasteiger partial charge in [0.15, 0.2) is 0 Å². The predicted molar refractivity (Wildman–Crippen MR) is 102 cm³/mol. The van der Waals surface area contributed by atoms with Crippen LogP contribution in [0.15, 0.2) is 67.0 Å². The zero-order valence-electron chi connectivity index (χ0n) is 14.9. The Morgan fingerprint density at radius 3 is 2.62 bits per heavy atom. The minimum atomic E-state index is 0.0316. The molecule has 3 aromatic rings. The molecule has 1 N–H and O–H groups in total. The van der Waals surface area contributed by atoms with E-state index in [1.54, 1.807) is 7.11 Å².